The number of benzene rings is 2. The van der Waals surface area contributed by atoms with Crippen LogP contribution in [0.4, 0.5) is 5.69 Å². The molecular formula is C20H25NO. The molecule has 0 saturated heterocycles. The van der Waals surface area contributed by atoms with Gasteiger partial charge in [-0.05, 0) is 61.1 Å². The summed E-state index contributed by atoms with van der Waals surface area (Å²) in [6.07, 6.45) is 4.29. The third-order valence-corrected chi connectivity index (χ3v) is 3.90. The second kappa shape index (κ2) is 8.38. The van der Waals surface area contributed by atoms with Crippen LogP contribution < -0.4 is 4.74 Å². The quantitative estimate of drug-likeness (QED) is 0.597. The smallest absolute Gasteiger partial charge is 0.119 e. The lowest BCUT2D eigenvalue weighted by Crippen LogP contribution is -1.95. The second-order valence-electron chi connectivity index (χ2n) is 5.37. The lowest BCUT2D eigenvalue weighted by Gasteiger charge is -2.12. The van der Waals surface area contributed by atoms with Gasteiger partial charge in [-0.25, -0.2) is 0 Å². The fourth-order valence-electron chi connectivity index (χ4n) is 2.56. The molecule has 0 bridgehead atoms. The molecule has 2 aromatic rings. The van der Waals surface area contributed by atoms with Crippen molar-refractivity contribution in [3.63, 3.8) is 0 Å². The first-order valence-electron chi connectivity index (χ1n) is 8.13. The monoisotopic (exact) mass is 295 g/mol. The molecule has 0 heterocycles. The van der Waals surface area contributed by atoms with E-state index < -0.39 is 0 Å². The molecule has 2 nitrogen and oxygen atoms in total. The molecule has 22 heavy (non-hydrogen) atoms. The van der Waals surface area contributed by atoms with Crippen LogP contribution in [-0.4, -0.2) is 12.8 Å². The summed E-state index contributed by atoms with van der Waals surface area (Å²) in [6, 6.07) is 16.6. The van der Waals surface area contributed by atoms with Crippen LogP contribution in [-0.2, 0) is 0 Å². The van der Waals surface area contributed by atoms with Crippen molar-refractivity contribution < 1.29 is 4.74 Å². The fraction of sp³-hybridized carbons (Fsp3) is 0.350. The molecule has 0 atom stereocenters. The topological polar surface area (TPSA) is 21.6 Å². The van der Waals surface area contributed by atoms with Crippen molar-refractivity contribution in [3.05, 3.63) is 59.7 Å². The molecule has 0 spiro atoms. The van der Waals surface area contributed by atoms with Crippen LogP contribution in [0.3, 0.4) is 0 Å². The van der Waals surface area contributed by atoms with Crippen LogP contribution >= 0.6 is 0 Å². The minimum Gasteiger partial charge on any atom is -0.494 e. The van der Waals surface area contributed by atoms with E-state index >= 15 is 0 Å². The molecule has 0 unspecified atom stereocenters. The Balaban J connectivity index is 2.03. The third-order valence-electron chi connectivity index (χ3n) is 3.90. The van der Waals surface area contributed by atoms with Gasteiger partial charge in [0, 0.05) is 6.21 Å². The predicted octanol–water partition coefficient (Wildman–Crippen LogP) is 5.74. The Morgan fingerprint density at radius 1 is 0.909 bits per heavy atom. The maximum Gasteiger partial charge on any atom is 0.119 e. The zero-order chi connectivity index (χ0) is 15.8. The Morgan fingerprint density at radius 2 is 1.55 bits per heavy atom. The van der Waals surface area contributed by atoms with Crippen LogP contribution in [0.25, 0.3) is 0 Å². The highest BCUT2D eigenvalue weighted by molar-refractivity contribution is 5.82. The highest BCUT2D eigenvalue weighted by Crippen LogP contribution is 2.23. The Labute approximate surface area is 133 Å². The Hall–Kier alpha value is -2.09. The first-order chi connectivity index (χ1) is 10.8. The maximum absolute atomic E-state index is 5.43. The van der Waals surface area contributed by atoms with Gasteiger partial charge in [0.25, 0.3) is 0 Å². The SMILES string of the molecule is CCOc1ccc(N=Cc2ccc(C(CC)CC)cc2)cc1. The van der Waals surface area contributed by atoms with Gasteiger partial charge in [-0.1, -0.05) is 38.1 Å². The van der Waals surface area contributed by atoms with Crippen molar-refractivity contribution in [3.8, 4) is 5.75 Å². The largest absolute Gasteiger partial charge is 0.494 e. The van der Waals surface area contributed by atoms with Crippen LogP contribution in [0, 0.1) is 0 Å². The number of hydrogen-bond acceptors (Lipinski definition) is 2. The van der Waals surface area contributed by atoms with Crippen LogP contribution in [0.15, 0.2) is 53.5 Å². The van der Waals surface area contributed by atoms with Gasteiger partial charge in [0.2, 0.25) is 0 Å². The number of ether oxygens (including phenoxy) is 1. The van der Waals surface area contributed by atoms with Gasteiger partial charge in [-0.15, -0.1) is 0 Å². The highest BCUT2D eigenvalue weighted by Gasteiger charge is 2.05. The standard InChI is InChI=1S/C20H25NO/c1-4-17(5-2)18-9-7-16(8-10-18)15-21-19-11-13-20(14-12-19)22-6-3/h7-15,17H,4-6H2,1-3H3. The van der Waals surface area contributed by atoms with Gasteiger partial charge in [-0.2, -0.15) is 0 Å². The van der Waals surface area contributed by atoms with Crippen LogP contribution in [0.5, 0.6) is 5.75 Å². The van der Waals surface area contributed by atoms with Gasteiger partial charge >= 0.3 is 0 Å². The molecule has 0 saturated carbocycles. The van der Waals surface area contributed by atoms with E-state index in [-0.39, 0.29) is 0 Å². The molecule has 0 aliphatic heterocycles. The first kappa shape index (κ1) is 16.3. The molecule has 2 aromatic carbocycles. The van der Waals surface area contributed by atoms with Crippen molar-refractivity contribution >= 4 is 11.9 Å². The molecule has 2 heteroatoms. The van der Waals surface area contributed by atoms with Crippen molar-refractivity contribution in [2.24, 2.45) is 4.99 Å². The Kier molecular flexibility index (Phi) is 6.20. The summed E-state index contributed by atoms with van der Waals surface area (Å²) < 4.78 is 5.43. The van der Waals surface area contributed by atoms with E-state index in [1.165, 1.54) is 18.4 Å². The lowest BCUT2D eigenvalue weighted by molar-refractivity contribution is 0.340. The minimum absolute atomic E-state index is 0.664. The van der Waals surface area contributed by atoms with Gasteiger partial charge < -0.3 is 4.74 Å². The highest BCUT2D eigenvalue weighted by atomic mass is 16.5. The average molecular weight is 295 g/mol. The molecular weight excluding hydrogens is 270 g/mol. The average Bonchev–Trinajstić information content (AvgIpc) is 2.57. The molecule has 0 aromatic heterocycles. The van der Waals surface area contributed by atoms with Gasteiger partial charge in [0.15, 0.2) is 0 Å². The van der Waals surface area contributed by atoms with E-state index in [4.69, 9.17) is 4.74 Å². The molecule has 0 radical (unpaired) electrons. The minimum atomic E-state index is 0.664. The van der Waals surface area contributed by atoms with Gasteiger partial charge in [0.05, 0.1) is 12.3 Å². The molecule has 0 aliphatic carbocycles. The maximum atomic E-state index is 5.43. The molecule has 0 amide bonds. The second-order valence-corrected chi connectivity index (χ2v) is 5.37. The zero-order valence-electron chi connectivity index (χ0n) is 13.8. The lowest BCUT2D eigenvalue weighted by atomic mass is 9.93. The van der Waals surface area contributed by atoms with Gasteiger partial charge in [0.1, 0.15) is 5.75 Å². The third kappa shape index (κ3) is 4.45. The van der Waals surface area contributed by atoms with Crippen LogP contribution in [0.1, 0.15) is 50.7 Å². The van der Waals surface area contributed by atoms with E-state index in [9.17, 15) is 0 Å². The summed E-state index contributed by atoms with van der Waals surface area (Å²) in [7, 11) is 0. The van der Waals surface area contributed by atoms with E-state index in [0.717, 1.165) is 17.0 Å². The fourth-order valence-corrected chi connectivity index (χ4v) is 2.56. The van der Waals surface area contributed by atoms with E-state index in [1.54, 1.807) is 0 Å². The summed E-state index contributed by atoms with van der Waals surface area (Å²) in [5, 5.41) is 0. The summed E-state index contributed by atoms with van der Waals surface area (Å²) in [5.74, 6) is 1.55. The van der Waals surface area contributed by atoms with Crippen molar-refractivity contribution in [2.45, 2.75) is 39.5 Å². The first-order valence-corrected chi connectivity index (χ1v) is 8.13. The van der Waals surface area contributed by atoms with Crippen molar-refractivity contribution in [2.75, 3.05) is 6.61 Å². The summed E-state index contributed by atoms with van der Waals surface area (Å²) in [6.45, 7) is 7.16. The molecule has 0 N–H and O–H groups in total. The van der Waals surface area contributed by atoms with Crippen molar-refractivity contribution in [1.29, 1.82) is 0 Å². The molecule has 2 rings (SSSR count). The van der Waals surface area contributed by atoms with Gasteiger partial charge in [-0.3, -0.25) is 4.99 Å². The zero-order valence-corrected chi connectivity index (χ0v) is 13.8. The molecule has 0 fully saturated rings. The number of nitrogens with zero attached hydrogens (tertiary/aromatic N) is 1. The van der Waals surface area contributed by atoms with Crippen molar-refractivity contribution in [1.82, 2.24) is 0 Å². The Bertz CT molecular complexity index is 580. The van der Waals surface area contributed by atoms with E-state index in [1.807, 2.05) is 37.4 Å². The number of aliphatic imine (C=N–C) groups is 1. The normalized spacial score (nSPS) is 11.3. The number of rotatable bonds is 7. The van der Waals surface area contributed by atoms with E-state index in [2.05, 4.69) is 43.1 Å². The summed E-state index contributed by atoms with van der Waals surface area (Å²) in [4.78, 5) is 4.51. The predicted molar refractivity (Wildman–Crippen MR) is 94.6 cm³/mol. The molecule has 116 valence electrons. The Morgan fingerprint density at radius 3 is 2.09 bits per heavy atom. The van der Waals surface area contributed by atoms with E-state index in [0.29, 0.717) is 12.5 Å². The summed E-state index contributed by atoms with van der Waals surface area (Å²) in [5.41, 5.74) is 3.49. The van der Waals surface area contributed by atoms with Crippen LogP contribution in [0.2, 0.25) is 0 Å². The molecule has 0 aliphatic rings. The number of hydrogen-bond donors (Lipinski definition) is 0. The summed E-state index contributed by atoms with van der Waals surface area (Å²) >= 11 is 0.